The van der Waals surface area contributed by atoms with Crippen molar-refractivity contribution in [3.8, 4) is 5.75 Å². The molecule has 9 heteroatoms. The lowest BCUT2D eigenvalue weighted by atomic mass is 10.3. The van der Waals surface area contributed by atoms with Crippen molar-refractivity contribution in [3.63, 3.8) is 0 Å². The predicted octanol–water partition coefficient (Wildman–Crippen LogP) is 2.57. The van der Waals surface area contributed by atoms with Crippen molar-refractivity contribution in [2.45, 2.75) is 12.6 Å². The van der Waals surface area contributed by atoms with Gasteiger partial charge in [0.15, 0.2) is 6.61 Å². The Balaban J connectivity index is 2.68. The number of rotatable bonds is 6. The molecule has 2 amide bonds. The fraction of sp³-hybridized carbons (Fsp3) is 0.385. The molecule has 0 atom stereocenters. The number of alkyl halides is 3. The van der Waals surface area contributed by atoms with Crippen molar-refractivity contribution < 1.29 is 32.6 Å². The molecule has 0 fully saturated rings. The molecule has 1 aromatic carbocycles. The zero-order chi connectivity index (χ0) is 16.8. The highest BCUT2D eigenvalue weighted by molar-refractivity contribution is 5.91. The van der Waals surface area contributed by atoms with E-state index < -0.39 is 24.8 Å². The van der Waals surface area contributed by atoms with Crippen LogP contribution in [0.25, 0.3) is 0 Å². The van der Waals surface area contributed by atoms with Crippen LogP contribution >= 0.6 is 0 Å². The minimum absolute atomic E-state index is 0.0350. The summed E-state index contributed by atoms with van der Waals surface area (Å²) >= 11 is 0. The summed E-state index contributed by atoms with van der Waals surface area (Å²) in [5.74, 6) is -1.19. The topological polar surface area (TPSA) is 78.9 Å². The lowest BCUT2D eigenvalue weighted by Gasteiger charge is -2.19. The van der Waals surface area contributed by atoms with E-state index in [2.05, 4.69) is 10.1 Å². The first-order valence-electron chi connectivity index (χ1n) is 6.21. The number of amides is 2. The number of carboxylic acids is 1. The van der Waals surface area contributed by atoms with Crippen molar-refractivity contribution in [3.05, 3.63) is 24.3 Å². The molecule has 6 nitrogen and oxygen atoms in total. The minimum atomic E-state index is -4.49. The normalized spacial score (nSPS) is 10.9. The van der Waals surface area contributed by atoms with E-state index in [0.717, 1.165) is 4.90 Å². The van der Waals surface area contributed by atoms with Crippen LogP contribution in [0, 0.1) is 0 Å². The average Bonchev–Trinajstić information content (AvgIpc) is 2.42. The van der Waals surface area contributed by atoms with Crippen molar-refractivity contribution in [2.24, 2.45) is 0 Å². The van der Waals surface area contributed by atoms with E-state index in [1.165, 1.54) is 31.3 Å². The van der Waals surface area contributed by atoms with Crippen LogP contribution in [0.1, 0.15) is 6.42 Å². The van der Waals surface area contributed by atoms with Crippen molar-refractivity contribution in [1.29, 1.82) is 0 Å². The van der Waals surface area contributed by atoms with Crippen LogP contribution in [0.2, 0.25) is 0 Å². The highest BCUT2D eigenvalue weighted by Crippen LogP contribution is 2.26. The smallest absolute Gasteiger partial charge is 0.422 e. The van der Waals surface area contributed by atoms with E-state index in [0.29, 0.717) is 0 Å². The van der Waals surface area contributed by atoms with Gasteiger partial charge in [0.1, 0.15) is 5.75 Å². The second kappa shape index (κ2) is 7.53. The Kier molecular flexibility index (Phi) is 6.02. The number of aliphatic carboxylic acids is 1. The molecular formula is C13H15F3N2O4. The number of carbonyl (C=O) groups excluding carboxylic acids is 1. The zero-order valence-corrected chi connectivity index (χ0v) is 11.7. The molecule has 22 heavy (non-hydrogen) atoms. The van der Waals surface area contributed by atoms with E-state index in [-0.39, 0.29) is 24.4 Å². The van der Waals surface area contributed by atoms with Gasteiger partial charge in [-0.05, 0) is 12.1 Å². The number of benzene rings is 1. The summed E-state index contributed by atoms with van der Waals surface area (Å²) in [5, 5.41) is 10.9. The third-order valence-electron chi connectivity index (χ3n) is 2.53. The summed E-state index contributed by atoms with van der Waals surface area (Å²) in [4.78, 5) is 23.4. The molecule has 0 aliphatic heterocycles. The van der Waals surface area contributed by atoms with Gasteiger partial charge >= 0.3 is 18.2 Å². The van der Waals surface area contributed by atoms with Gasteiger partial charge in [0.25, 0.3) is 0 Å². The van der Waals surface area contributed by atoms with Crippen LogP contribution < -0.4 is 10.1 Å². The van der Waals surface area contributed by atoms with Crippen molar-refractivity contribution >= 4 is 17.7 Å². The van der Waals surface area contributed by atoms with E-state index >= 15 is 0 Å². The van der Waals surface area contributed by atoms with Gasteiger partial charge in [-0.15, -0.1) is 0 Å². The summed E-state index contributed by atoms with van der Waals surface area (Å²) < 4.78 is 41.1. The molecule has 1 rings (SSSR count). The number of ether oxygens (including phenoxy) is 1. The first kappa shape index (κ1) is 17.6. The molecule has 2 N–H and O–H groups in total. The molecule has 122 valence electrons. The number of para-hydroxylation sites is 2. The number of carboxylic acid groups (broad SMARTS) is 1. The Morgan fingerprint density at radius 1 is 1.32 bits per heavy atom. The van der Waals surface area contributed by atoms with Gasteiger partial charge in [0.05, 0.1) is 12.1 Å². The van der Waals surface area contributed by atoms with Gasteiger partial charge < -0.3 is 20.1 Å². The summed E-state index contributed by atoms with van der Waals surface area (Å²) in [6.45, 7) is -1.51. The third-order valence-corrected chi connectivity index (χ3v) is 2.53. The maximum Gasteiger partial charge on any atom is 0.422 e. The molecule has 0 saturated heterocycles. The van der Waals surface area contributed by atoms with Crippen molar-refractivity contribution in [1.82, 2.24) is 4.90 Å². The van der Waals surface area contributed by atoms with E-state index in [1.807, 2.05) is 0 Å². The second-order valence-corrected chi connectivity index (χ2v) is 4.40. The van der Waals surface area contributed by atoms with E-state index in [4.69, 9.17) is 5.11 Å². The molecule has 0 bridgehead atoms. The highest BCUT2D eigenvalue weighted by Gasteiger charge is 2.29. The van der Waals surface area contributed by atoms with Gasteiger partial charge in [-0.3, -0.25) is 4.79 Å². The molecule has 0 aromatic heterocycles. The van der Waals surface area contributed by atoms with E-state index in [9.17, 15) is 22.8 Å². The molecule has 1 aromatic rings. The van der Waals surface area contributed by atoms with Crippen LogP contribution in [-0.4, -0.2) is 48.4 Å². The lowest BCUT2D eigenvalue weighted by molar-refractivity contribution is -0.153. The number of anilines is 1. The van der Waals surface area contributed by atoms with Gasteiger partial charge in [0.2, 0.25) is 0 Å². The Hall–Kier alpha value is -2.45. The first-order chi connectivity index (χ1) is 10.2. The fourth-order valence-electron chi connectivity index (χ4n) is 1.43. The number of hydrogen-bond acceptors (Lipinski definition) is 3. The Labute approximate surface area is 124 Å². The van der Waals surface area contributed by atoms with Gasteiger partial charge in [-0.1, -0.05) is 12.1 Å². The standard InChI is InChI=1S/C13H15F3N2O4/c1-18(7-6-11(19)20)12(21)17-9-4-2-3-5-10(9)22-8-13(14,15)16/h2-5H,6-8H2,1H3,(H,17,21)(H,19,20). The molecule has 0 saturated carbocycles. The SMILES string of the molecule is CN(CCC(=O)O)C(=O)Nc1ccccc1OCC(F)(F)F. The predicted molar refractivity (Wildman–Crippen MR) is 71.9 cm³/mol. The maximum atomic E-state index is 12.2. The van der Waals surface area contributed by atoms with Crippen LogP contribution in [0.4, 0.5) is 23.7 Å². The number of halogens is 3. The zero-order valence-electron chi connectivity index (χ0n) is 11.7. The average molecular weight is 320 g/mol. The number of nitrogens with one attached hydrogen (secondary N) is 1. The number of nitrogens with zero attached hydrogens (tertiary/aromatic N) is 1. The number of urea groups is 1. The largest absolute Gasteiger partial charge is 0.482 e. The minimum Gasteiger partial charge on any atom is -0.482 e. The fourth-order valence-corrected chi connectivity index (χ4v) is 1.43. The molecule has 0 heterocycles. The maximum absolute atomic E-state index is 12.2. The lowest BCUT2D eigenvalue weighted by Crippen LogP contribution is -2.33. The van der Waals surface area contributed by atoms with E-state index in [1.54, 1.807) is 0 Å². The molecule has 0 spiro atoms. The number of hydrogen-bond donors (Lipinski definition) is 2. The Morgan fingerprint density at radius 2 is 1.95 bits per heavy atom. The Bertz CT molecular complexity index is 534. The van der Waals surface area contributed by atoms with Gasteiger partial charge in [-0.2, -0.15) is 13.2 Å². The van der Waals surface area contributed by atoms with Crippen LogP contribution in [0.5, 0.6) is 5.75 Å². The van der Waals surface area contributed by atoms with Gasteiger partial charge in [-0.25, -0.2) is 4.79 Å². The van der Waals surface area contributed by atoms with Crippen molar-refractivity contribution in [2.75, 3.05) is 25.5 Å². The van der Waals surface area contributed by atoms with Crippen LogP contribution in [-0.2, 0) is 4.79 Å². The monoisotopic (exact) mass is 320 g/mol. The molecule has 0 aliphatic rings. The Morgan fingerprint density at radius 3 is 2.55 bits per heavy atom. The second-order valence-electron chi connectivity index (χ2n) is 4.40. The highest BCUT2D eigenvalue weighted by atomic mass is 19.4. The molecule has 0 radical (unpaired) electrons. The molecular weight excluding hydrogens is 305 g/mol. The third kappa shape index (κ3) is 6.33. The summed E-state index contributed by atoms with van der Waals surface area (Å²) in [6, 6.07) is 5.01. The molecule has 0 unspecified atom stereocenters. The summed E-state index contributed by atoms with van der Waals surface area (Å²) in [6.07, 6.45) is -4.73. The number of carbonyl (C=O) groups is 2. The quantitative estimate of drug-likeness (QED) is 0.844. The molecule has 0 aliphatic carbocycles. The van der Waals surface area contributed by atoms with Crippen LogP contribution in [0.3, 0.4) is 0 Å². The first-order valence-corrected chi connectivity index (χ1v) is 6.21. The summed E-state index contributed by atoms with van der Waals surface area (Å²) in [5.41, 5.74) is 0.0684. The summed E-state index contributed by atoms with van der Waals surface area (Å²) in [7, 11) is 1.37. The van der Waals surface area contributed by atoms with Crippen LogP contribution in [0.15, 0.2) is 24.3 Å². The van der Waals surface area contributed by atoms with Gasteiger partial charge in [0, 0.05) is 13.6 Å².